The molecule has 0 heterocycles. The van der Waals surface area contributed by atoms with Crippen LogP contribution in [0.4, 0.5) is 0 Å². The van der Waals surface area contributed by atoms with Gasteiger partial charge in [0.25, 0.3) is 0 Å². The summed E-state index contributed by atoms with van der Waals surface area (Å²) in [6.45, 7) is 7.61. The van der Waals surface area contributed by atoms with Gasteiger partial charge in [-0.05, 0) is 37.0 Å². The third-order valence-corrected chi connectivity index (χ3v) is 3.15. The number of aromatic hydroxyl groups is 1. The van der Waals surface area contributed by atoms with E-state index in [1.807, 2.05) is 26.0 Å². The number of rotatable bonds is 7. The van der Waals surface area contributed by atoms with Crippen molar-refractivity contribution in [2.24, 2.45) is 0 Å². The smallest absolute Gasteiger partial charge is 0.121 e. The molecule has 3 nitrogen and oxygen atoms in total. The molecule has 18 heavy (non-hydrogen) atoms. The fraction of sp³-hybridized carbons (Fsp3) is 0.600. The lowest BCUT2D eigenvalue weighted by Crippen LogP contribution is -2.32. The van der Waals surface area contributed by atoms with Gasteiger partial charge in [-0.25, -0.2) is 0 Å². The zero-order valence-electron chi connectivity index (χ0n) is 11.9. The number of hydrogen-bond acceptors (Lipinski definition) is 3. The van der Waals surface area contributed by atoms with Gasteiger partial charge in [-0.2, -0.15) is 0 Å². The molecule has 102 valence electrons. The first kappa shape index (κ1) is 15.0. The molecule has 1 rings (SSSR count). The second kappa shape index (κ2) is 7.39. The summed E-state index contributed by atoms with van der Waals surface area (Å²) >= 11 is 0. The lowest BCUT2D eigenvalue weighted by Gasteiger charge is -2.18. The lowest BCUT2D eigenvalue weighted by molar-refractivity contribution is 0.161. The molecule has 0 aliphatic carbocycles. The number of hydrogen-bond donors (Lipinski definition) is 2. The number of phenols is 1. The quantitative estimate of drug-likeness (QED) is 0.783. The van der Waals surface area contributed by atoms with Gasteiger partial charge in [0.05, 0.1) is 6.61 Å². The average Bonchev–Trinajstić information content (AvgIpc) is 2.33. The highest BCUT2D eigenvalue weighted by molar-refractivity contribution is 5.42. The van der Waals surface area contributed by atoms with Gasteiger partial charge in [-0.15, -0.1) is 0 Å². The minimum absolute atomic E-state index is 0.398. The van der Waals surface area contributed by atoms with Crippen LogP contribution in [0.2, 0.25) is 0 Å². The summed E-state index contributed by atoms with van der Waals surface area (Å²) in [5.41, 5.74) is 3.08. The highest BCUT2D eigenvalue weighted by Crippen LogP contribution is 2.22. The number of ether oxygens (including phenoxy) is 1. The van der Waals surface area contributed by atoms with Crippen LogP contribution in [-0.4, -0.2) is 24.9 Å². The molecule has 0 amide bonds. The van der Waals surface area contributed by atoms with E-state index in [1.54, 1.807) is 7.11 Å². The van der Waals surface area contributed by atoms with Gasteiger partial charge in [-0.1, -0.05) is 25.5 Å². The van der Waals surface area contributed by atoms with E-state index in [4.69, 9.17) is 4.74 Å². The van der Waals surface area contributed by atoms with E-state index in [0.717, 1.165) is 37.1 Å². The third kappa shape index (κ3) is 4.31. The second-order valence-electron chi connectivity index (χ2n) is 4.90. The lowest BCUT2D eigenvalue weighted by atomic mass is 10.1. The monoisotopic (exact) mass is 251 g/mol. The maximum atomic E-state index is 9.74. The molecule has 0 aliphatic heterocycles. The molecule has 0 saturated heterocycles. The molecule has 1 atom stereocenters. The van der Waals surface area contributed by atoms with Crippen molar-refractivity contribution in [3.63, 3.8) is 0 Å². The van der Waals surface area contributed by atoms with Gasteiger partial charge in [0, 0.05) is 19.7 Å². The standard InChI is InChI=1S/C15H25NO2/c1-5-6-14(10-18-4)16-9-13-7-11(2)15(17)12(3)8-13/h7-8,14,16-17H,5-6,9-10H2,1-4H3. The molecule has 3 heteroatoms. The fourth-order valence-electron chi connectivity index (χ4n) is 2.20. The molecule has 1 unspecified atom stereocenters. The fourth-order valence-corrected chi connectivity index (χ4v) is 2.20. The molecular formula is C15H25NO2. The summed E-state index contributed by atoms with van der Waals surface area (Å²) < 4.78 is 5.21. The van der Waals surface area contributed by atoms with Crippen LogP contribution in [-0.2, 0) is 11.3 Å². The van der Waals surface area contributed by atoms with Crippen molar-refractivity contribution in [2.45, 2.75) is 46.2 Å². The topological polar surface area (TPSA) is 41.5 Å². The van der Waals surface area contributed by atoms with Gasteiger partial charge in [0.15, 0.2) is 0 Å². The van der Waals surface area contributed by atoms with Crippen molar-refractivity contribution in [1.82, 2.24) is 5.32 Å². The highest BCUT2D eigenvalue weighted by Gasteiger charge is 2.08. The van der Waals surface area contributed by atoms with E-state index in [-0.39, 0.29) is 0 Å². The van der Waals surface area contributed by atoms with Crippen LogP contribution in [0.5, 0.6) is 5.75 Å². The summed E-state index contributed by atoms with van der Waals surface area (Å²) in [5, 5.41) is 13.2. The van der Waals surface area contributed by atoms with Crippen molar-refractivity contribution in [3.05, 3.63) is 28.8 Å². The molecule has 1 aromatic carbocycles. The minimum Gasteiger partial charge on any atom is -0.507 e. The van der Waals surface area contributed by atoms with Crippen LogP contribution < -0.4 is 5.32 Å². The zero-order chi connectivity index (χ0) is 13.5. The van der Waals surface area contributed by atoms with Crippen molar-refractivity contribution >= 4 is 0 Å². The first-order valence-electron chi connectivity index (χ1n) is 6.59. The predicted molar refractivity (Wildman–Crippen MR) is 75.0 cm³/mol. The zero-order valence-corrected chi connectivity index (χ0v) is 11.9. The number of aryl methyl sites for hydroxylation is 2. The van der Waals surface area contributed by atoms with Gasteiger partial charge >= 0.3 is 0 Å². The van der Waals surface area contributed by atoms with Crippen molar-refractivity contribution < 1.29 is 9.84 Å². The second-order valence-corrected chi connectivity index (χ2v) is 4.90. The highest BCUT2D eigenvalue weighted by atomic mass is 16.5. The number of methoxy groups -OCH3 is 1. The SMILES string of the molecule is CCCC(COC)NCc1cc(C)c(O)c(C)c1. The van der Waals surface area contributed by atoms with E-state index in [1.165, 1.54) is 5.56 Å². The van der Waals surface area contributed by atoms with Crippen LogP contribution in [0.1, 0.15) is 36.5 Å². The summed E-state index contributed by atoms with van der Waals surface area (Å²) in [5.74, 6) is 0.403. The Morgan fingerprint density at radius 2 is 1.89 bits per heavy atom. The van der Waals surface area contributed by atoms with Crippen LogP contribution in [0.25, 0.3) is 0 Å². The first-order valence-corrected chi connectivity index (χ1v) is 6.59. The molecule has 0 bridgehead atoms. The van der Waals surface area contributed by atoms with Crippen LogP contribution in [0, 0.1) is 13.8 Å². The average molecular weight is 251 g/mol. The van der Waals surface area contributed by atoms with Crippen LogP contribution in [0.15, 0.2) is 12.1 Å². The number of benzene rings is 1. The largest absolute Gasteiger partial charge is 0.507 e. The van der Waals surface area contributed by atoms with Gasteiger partial charge in [0.2, 0.25) is 0 Å². The summed E-state index contributed by atoms with van der Waals surface area (Å²) in [6, 6.07) is 4.46. The van der Waals surface area contributed by atoms with E-state index < -0.39 is 0 Å². The van der Waals surface area contributed by atoms with Crippen molar-refractivity contribution in [2.75, 3.05) is 13.7 Å². The van der Waals surface area contributed by atoms with E-state index >= 15 is 0 Å². The third-order valence-electron chi connectivity index (χ3n) is 3.15. The molecule has 2 N–H and O–H groups in total. The Hall–Kier alpha value is -1.06. The number of phenolic OH excluding ortho intramolecular Hbond substituents is 1. The molecule has 0 saturated carbocycles. The Balaban J connectivity index is 2.61. The Labute approximate surface area is 110 Å². The molecule has 0 fully saturated rings. The normalized spacial score (nSPS) is 12.7. The van der Waals surface area contributed by atoms with Gasteiger partial charge in [0.1, 0.15) is 5.75 Å². The molecule has 0 spiro atoms. The van der Waals surface area contributed by atoms with Crippen molar-refractivity contribution in [3.8, 4) is 5.75 Å². The van der Waals surface area contributed by atoms with Crippen molar-refractivity contribution in [1.29, 1.82) is 0 Å². The Morgan fingerprint density at radius 3 is 2.39 bits per heavy atom. The van der Waals surface area contributed by atoms with Crippen LogP contribution in [0.3, 0.4) is 0 Å². The number of nitrogens with one attached hydrogen (secondary N) is 1. The Bertz CT molecular complexity index is 348. The maximum absolute atomic E-state index is 9.74. The molecule has 0 aliphatic rings. The Morgan fingerprint density at radius 1 is 1.28 bits per heavy atom. The molecule has 1 aromatic rings. The van der Waals surface area contributed by atoms with E-state index in [9.17, 15) is 5.11 Å². The van der Waals surface area contributed by atoms with Crippen LogP contribution >= 0.6 is 0 Å². The summed E-state index contributed by atoms with van der Waals surface area (Å²) in [4.78, 5) is 0. The first-order chi connectivity index (χ1) is 8.58. The van der Waals surface area contributed by atoms with Gasteiger partial charge in [-0.3, -0.25) is 0 Å². The minimum atomic E-state index is 0.398. The molecular weight excluding hydrogens is 226 g/mol. The summed E-state index contributed by atoms with van der Waals surface area (Å²) in [6.07, 6.45) is 2.26. The van der Waals surface area contributed by atoms with E-state index in [2.05, 4.69) is 12.2 Å². The maximum Gasteiger partial charge on any atom is 0.121 e. The molecule has 0 radical (unpaired) electrons. The van der Waals surface area contributed by atoms with E-state index in [0.29, 0.717) is 11.8 Å². The van der Waals surface area contributed by atoms with Gasteiger partial charge < -0.3 is 15.2 Å². The predicted octanol–water partition coefficient (Wildman–Crippen LogP) is 2.91. The Kier molecular flexibility index (Phi) is 6.16. The molecule has 0 aromatic heterocycles. The summed E-state index contributed by atoms with van der Waals surface area (Å²) in [7, 11) is 1.74.